The van der Waals surface area contributed by atoms with Crippen molar-refractivity contribution in [1.82, 2.24) is 15.6 Å². The Hall–Kier alpha value is -4.08. The van der Waals surface area contributed by atoms with Gasteiger partial charge in [-0.05, 0) is 48.0 Å². The van der Waals surface area contributed by atoms with Gasteiger partial charge in [0.05, 0.1) is 17.7 Å². The molecule has 0 bridgehead atoms. The van der Waals surface area contributed by atoms with Crippen LogP contribution in [0.5, 0.6) is 0 Å². The maximum absolute atomic E-state index is 13.0. The number of amides is 2. The topological polar surface area (TPSA) is 86.4 Å². The van der Waals surface area contributed by atoms with Crippen LogP contribution in [0.1, 0.15) is 21.5 Å². The van der Waals surface area contributed by atoms with Crippen molar-refractivity contribution in [1.29, 1.82) is 0 Å². The molecule has 7 nitrogen and oxygen atoms in total. The van der Waals surface area contributed by atoms with Gasteiger partial charge >= 0.3 is 6.18 Å². The third-order valence-corrected chi connectivity index (χ3v) is 5.30. The second kappa shape index (κ2) is 9.82. The molecule has 3 aromatic rings. The molecule has 10 heteroatoms. The number of aromatic nitrogens is 1. The Morgan fingerprint density at radius 3 is 2.62 bits per heavy atom. The quantitative estimate of drug-likeness (QED) is 0.513. The molecule has 1 aliphatic heterocycles. The molecule has 1 fully saturated rings. The van der Waals surface area contributed by atoms with Gasteiger partial charge in [0.1, 0.15) is 5.82 Å². The summed E-state index contributed by atoms with van der Waals surface area (Å²) in [6.07, 6.45) is -3.02. The summed E-state index contributed by atoms with van der Waals surface area (Å²) < 4.78 is 39.0. The number of hydrogen-bond acceptors (Lipinski definition) is 5. The summed E-state index contributed by atoms with van der Waals surface area (Å²) in [5.74, 6) is -0.286. The van der Waals surface area contributed by atoms with E-state index in [1.54, 1.807) is 12.1 Å². The van der Waals surface area contributed by atoms with E-state index in [0.717, 1.165) is 29.9 Å². The molecule has 2 amide bonds. The Kier molecular flexibility index (Phi) is 6.67. The lowest BCUT2D eigenvalue weighted by molar-refractivity contribution is -0.137. The molecular formula is C24H22F3N5O2. The van der Waals surface area contributed by atoms with Crippen molar-refractivity contribution < 1.29 is 22.8 Å². The van der Waals surface area contributed by atoms with Crippen molar-refractivity contribution in [2.24, 2.45) is 0 Å². The highest BCUT2D eigenvalue weighted by molar-refractivity contribution is 5.99. The van der Waals surface area contributed by atoms with Gasteiger partial charge in [0.15, 0.2) is 0 Å². The van der Waals surface area contributed by atoms with Gasteiger partial charge in [0, 0.05) is 37.2 Å². The van der Waals surface area contributed by atoms with Crippen LogP contribution in [-0.4, -0.2) is 36.4 Å². The molecule has 0 atom stereocenters. The van der Waals surface area contributed by atoms with Crippen LogP contribution in [0.2, 0.25) is 0 Å². The van der Waals surface area contributed by atoms with E-state index in [9.17, 15) is 22.8 Å². The molecule has 0 radical (unpaired) electrons. The van der Waals surface area contributed by atoms with E-state index >= 15 is 0 Å². The van der Waals surface area contributed by atoms with Crippen LogP contribution in [-0.2, 0) is 17.5 Å². The van der Waals surface area contributed by atoms with Gasteiger partial charge in [-0.2, -0.15) is 13.2 Å². The van der Waals surface area contributed by atoms with Crippen LogP contribution >= 0.6 is 0 Å². The number of benzene rings is 2. The maximum Gasteiger partial charge on any atom is 0.416 e. The van der Waals surface area contributed by atoms with Crippen molar-refractivity contribution in [3.8, 4) is 0 Å². The first-order valence-corrected chi connectivity index (χ1v) is 10.6. The lowest BCUT2D eigenvalue weighted by Crippen LogP contribution is -2.47. The Morgan fingerprint density at radius 2 is 1.88 bits per heavy atom. The zero-order valence-corrected chi connectivity index (χ0v) is 18.0. The molecule has 2 aromatic carbocycles. The summed E-state index contributed by atoms with van der Waals surface area (Å²) in [5.41, 5.74) is 1.35. The smallest absolute Gasteiger partial charge is 0.360 e. The fraction of sp³-hybridized carbons (Fsp3) is 0.208. The predicted octanol–water partition coefficient (Wildman–Crippen LogP) is 3.71. The number of nitrogens with one attached hydrogen (secondary N) is 3. The van der Waals surface area contributed by atoms with E-state index in [1.807, 2.05) is 29.2 Å². The Balaban J connectivity index is 1.41. The summed E-state index contributed by atoms with van der Waals surface area (Å²) in [6.45, 7) is 1.87. The van der Waals surface area contributed by atoms with Crippen molar-refractivity contribution in [2.45, 2.75) is 12.7 Å². The van der Waals surface area contributed by atoms with Gasteiger partial charge in [-0.3, -0.25) is 9.59 Å². The molecule has 1 aliphatic rings. The number of alkyl halides is 3. The largest absolute Gasteiger partial charge is 0.416 e. The minimum absolute atomic E-state index is 0.0198. The highest BCUT2D eigenvalue weighted by atomic mass is 19.4. The zero-order valence-electron chi connectivity index (χ0n) is 18.0. The zero-order chi connectivity index (χ0) is 24.1. The third-order valence-electron chi connectivity index (χ3n) is 5.30. The van der Waals surface area contributed by atoms with Gasteiger partial charge in [-0.1, -0.05) is 18.2 Å². The van der Waals surface area contributed by atoms with Crippen LogP contribution in [0.25, 0.3) is 0 Å². The summed E-state index contributed by atoms with van der Waals surface area (Å²) in [4.78, 5) is 30.4. The standard InChI is InChI=1S/C24H22F3N5O2/c25-24(26,27)17-3-1-4-18(13-17)31-22-20(5-2-10-29-22)23(34)30-14-16-6-8-19(9-7-16)32-12-11-28-21(33)15-32/h1-10,13H,11-12,14-15H2,(H,28,33)(H,29,31)(H,30,34). The number of anilines is 3. The Labute approximate surface area is 194 Å². The number of halogens is 3. The number of hydrogen-bond donors (Lipinski definition) is 3. The Morgan fingerprint density at radius 1 is 1.09 bits per heavy atom. The third kappa shape index (κ3) is 5.64. The molecule has 2 heterocycles. The average Bonchev–Trinajstić information content (AvgIpc) is 2.83. The summed E-state index contributed by atoms with van der Waals surface area (Å²) >= 11 is 0. The number of piperazine rings is 1. The number of carbonyl (C=O) groups excluding carboxylic acids is 2. The molecule has 3 N–H and O–H groups in total. The van der Waals surface area contributed by atoms with Crippen molar-refractivity contribution in [3.05, 3.63) is 83.6 Å². The Bertz CT molecular complexity index is 1180. The molecule has 0 aliphatic carbocycles. The van der Waals surface area contributed by atoms with E-state index in [4.69, 9.17) is 0 Å². The van der Waals surface area contributed by atoms with Gasteiger partial charge in [0.2, 0.25) is 5.91 Å². The number of carbonyl (C=O) groups is 2. The average molecular weight is 469 g/mol. The minimum Gasteiger partial charge on any atom is -0.360 e. The lowest BCUT2D eigenvalue weighted by Gasteiger charge is -2.28. The summed E-state index contributed by atoms with van der Waals surface area (Å²) in [7, 11) is 0. The van der Waals surface area contributed by atoms with Crippen LogP contribution in [0.3, 0.4) is 0 Å². The predicted molar refractivity (Wildman–Crippen MR) is 122 cm³/mol. The molecule has 0 spiro atoms. The molecular weight excluding hydrogens is 447 g/mol. The first-order chi connectivity index (χ1) is 16.3. The second-order valence-electron chi connectivity index (χ2n) is 7.72. The number of nitrogens with zero attached hydrogens (tertiary/aromatic N) is 2. The molecule has 0 unspecified atom stereocenters. The van der Waals surface area contributed by atoms with E-state index in [-0.39, 0.29) is 29.5 Å². The van der Waals surface area contributed by atoms with Crippen LogP contribution < -0.4 is 20.9 Å². The van der Waals surface area contributed by atoms with Crippen molar-refractivity contribution >= 4 is 29.0 Å². The second-order valence-corrected chi connectivity index (χ2v) is 7.72. The van der Waals surface area contributed by atoms with Crippen LogP contribution in [0.4, 0.5) is 30.4 Å². The molecule has 34 heavy (non-hydrogen) atoms. The van der Waals surface area contributed by atoms with E-state index in [2.05, 4.69) is 20.9 Å². The van der Waals surface area contributed by atoms with Crippen molar-refractivity contribution in [2.75, 3.05) is 29.9 Å². The molecule has 1 aromatic heterocycles. The van der Waals surface area contributed by atoms with Gasteiger partial charge in [-0.25, -0.2) is 4.98 Å². The van der Waals surface area contributed by atoms with Gasteiger partial charge in [-0.15, -0.1) is 0 Å². The number of pyridine rings is 1. The van der Waals surface area contributed by atoms with E-state index < -0.39 is 17.6 Å². The fourth-order valence-corrected chi connectivity index (χ4v) is 3.56. The fourth-order valence-electron chi connectivity index (χ4n) is 3.56. The van der Waals surface area contributed by atoms with Crippen LogP contribution in [0, 0.1) is 0 Å². The van der Waals surface area contributed by atoms with Crippen molar-refractivity contribution in [3.63, 3.8) is 0 Å². The molecule has 4 rings (SSSR count). The highest BCUT2D eigenvalue weighted by Crippen LogP contribution is 2.31. The van der Waals surface area contributed by atoms with E-state index in [0.29, 0.717) is 13.1 Å². The summed E-state index contributed by atoms with van der Waals surface area (Å²) in [5, 5.41) is 8.39. The molecule has 0 saturated carbocycles. The monoisotopic (exact) mass is 469 g/mol. The number of rotatable bonds is 6. The van der Waals surface area contributed by atoms with E-state index in [1.165, 1.54) is 18.3 Å². The molecule has 176 valence electrons. The lowest BCUT2D eigenvalue weighted by atomic mass is 10.1. The van der Waals surface area contributed by atoms with Gasteiger partial charge in [0.25, 0.3) is 5.91 Å². The SMILES string of the molecule is O=C1CN(c2ccc(CNC(=O)c3cccnc3Nc3cccc(C(F)(F)F)c3)cc2)CCN1. The molecule has 1 saturated heterocycles. The normalized spacial score (nSPS) is 13.9. The maximum atomic E-state index is 13.0. The first kappa shape index (κ1) is 23.1. The minimum atomic E-state index is -4.47. The van der Waals surface area contributed by atoms with Gasteiger partial charge < -0.3 is 20.9 Å². The first-order valence-electron chi connectivity index (χ1n) is 10.6. The highest BCUT2D eigenvalue weighted by Gasteiger charge is 2.30. The van der Waals surface area contributed by atoms with Crippen LogP contribution in [0.15, 0.2) is 66.9 Å². The summed E-state index contributed by atoms with van der Waals surface area (Å²) in [6, 6.07) is 15.3.